The fourth-order valence-corrected chi connectivity index (χ4v) is 14.7. The fourth-order valence-electron chi connectivity index (χ4n) is 12.7. The molecule has 8 atom stereocenters. The van der Waals surface area contributed by atoms with Gasteiger partial charge in [0.2, 0.25) is 12.4 Å². The summed E-state index contributed by atoms with van der Waals surface area (Å²) in [7, 11) is -5.41. The number of nitrogens with zero attached hydrogens (tertiary/aromatic N) is 10. The molecule has 12 rings (SSSR count). The Balaban J connectivity index is 0.675. The number of aromatic nitrogens is 6. The number of nitrogens with one attached hydrogen (secondary N) is 4. The number of anilines is 2. The van der Waals surface area contributed by atoms with Gasteiger partial charge in [0.1, 0.15) is 48.1 Å². The van der Waals surface area contributed by atoms with Gasteiger partial charge in [0.15, 0.2) is 47.0 Å². The molecule has 36 nitrogen and oxygen atoms in total. The summed E-state index contributed by atoms with van der Waals surface area (Å²) in [6.45, 7) is 13.5. The number of nitrogens with two attached hydrogens (primary N) is 4. The number of amides is 4. The van der Waals surface area contributed by atoms with E-state index in [-0.39, 0.29) is 47.6 Å². The van der Waals surface area contributed by atoms with Crippen molar-refractivity contribution in [3.8, 4) is 33.8 Å². The largest absolute Gasteiger partial charge is 0.485 e. The molecule has 103 heavy (non-hydrogen) atoms. The van der Waals surface area contributed by atoms with Crippen LogP contribution in [0.15, 0.2) is 82.3 Å². The van der Waals surface area contributed by atoms with Crippen LogP contribution in [0.2, 0.25) is 0 Å². The van der Waals surface area contributed by atoms with E-state index in [2.05, 4.69) is 50.9 Å². The number of rotatable bonds is 30. The first kappa shape index (κ1) is 73.5. The van der Waals surface area contributed by atoms with E-state index in [4.69, 9.17) is 50.7 Å². The number of oxime groups is 2. The van der Waals surface area contributed by atoms with Gasteiger partial charge in [0.25, 0.3) is 34.8 Å². The molecule has 10 heterocycles. The van der Waals surface area contributed by atoms with Crippen LogP contribution in [0.1, 0.15) is 76.9 Å². The summed E-state index contributed by atoms with van der Waals surface area (Å²) >= 11 is 1.82. The average Bonchev–Trinajstić information content (AvgIpc) is 1.18. The number of hydrogen-bond acceptors (Lipinski definition) is 28. The summed E-state index contributed by atoms with van der Waals surface area (Å²) in [5.41, 5.74) is 18.9. The molecule has 552 valence electrons. The number of aliphatic hydroxyl groups is 2. The van der Waals surface area contributed by atoms with Crippen LogP contribution in [0.4, 0.5) is 10.3 Å². The van der Waals surface area contributed by atoms with E-state index in [1.54, 1.807) is 12.1 Å². The summed E-state index contributed by atoms with van der Waals surface area (Å²) in [5, 5.41) is 65.2. The van der Waals surface area contributed by atoms with Gasteiger partial charge in [0.05, 0.1) is 46.8 Å². The highest BCUT2D eigenvalue weighted by Crippen LogP contribution is 2.41. The van der Waals surface area contributed by atoms with Crippen molar-refractivity contribution in [2.75, 3.05) is 50.7 Å². The van der Waals surface area contributed by atoms with Gasteiger partial charge in [-0.25, -0.2) is 19.6 Å². The number of thiazole rings is 2. The Bertz CT molecular complexity index is 4150. The van der Waals surface area contributed by atoms with E-state index in [9.17, 15) is 57.6 Å². The maximum atomic E-state index is 14.3. The van der Waals surface area contributed by atoms with Crippen LogP contribution in [0.5, 0.6) is 11.5 Å². The van der Waals surface area contributed by atoms with Crippen molar-refractivity contribution in [2.24, 2.45) is 33.6 Å². The summed E-state index contributed by atoms with van der Waals surface area (Å²) in [6, 6.07) is 7.87. The molecule has 0 unspecified atom stereocenters. The van der Waals surface area contributed by atoms with E-state index >= 15 is 0 Å². The zero-order chi connectivity index (χ0) is 73.8. The molecule has 4 fully saturated rings. The van der Waals surface area contributed by atoms with Gasteiger partial charge in [-0.3, -0.25) is 19.2 Å². The minimum atomic E-state index is -5.41. The standard InChI is InChI=1S/C64H80N18O18S3/c1-61(2)51(73-53(85)49(43-31-101-59(67)71-43)75-97-63(5,57(89)90)47-13-9-37-15-35(7-11-45(37)95-47)39-25-77(23-33-19-69-20-33)79(27-39)29-41(83)17-65)55(87)81(61)99-103(93,94)100-82-56(88)52(62(82,3)4)74-54(86)50(44-32-102-60(68)72-44)76-98-64(6,58(91)92)48-14-10-38-16-36(8-12-46(38)96-48)40-26-78(24-34-21-70-22-34)80(28-40)30-42(84)18-66/h7-8,11-12,15-16,25-28,31-34,41-42,47-48,51-52,69-70,83-84H,9-10,13-14,17-24,29-30,65-66H2,1-6H3,(H6-2,67,68,71,72,73,74,85,86,89,90,91,92)/p+2/b75-49-,76-50-/t41-,42-,47+,48+,51+,52+,63-,64-/m0/s1. The summed E-state index contributed by atoms with van der Waals surface area (Å²) < 4.78 is 58.2. The Labute approximate surface area is 597 Å². The third-order valence-electron chi connectivity index (χ3n) is 19.4. The van der Waals surface area contributed by atoms with Crippen LogP contribution in [-0.2, 0) is 96.4 Å². The lowest BCUT2D eigenvalue weighted by Gasteiger charge is -2.52. The molecule has 4 amide bonds. The van der Waals surface area contributed by atoms with Crippen LogP contribution in [0, 0.1) is 11.8 Å². The Hall–Kier alpha value is -9.29. The first-order valence-electron chi connectivity index (χ1n) is 33.1. The monoisotopic (exact) mass is 1490 g/mol. The van der Waals surface area contributed by atoms with Gasteiger partial charge in [-0.15, -0.1) is 40.6 Å². The van der Waals surface area contributed by atoms with Crippen LogP contribution in [0.25, 0.3) is 22.3 Å². The number of fused-ring (bicyclic) bond motifs is 2. The van der Waals surface area contributed by atoms with Crippen molar-refractivity contribution in [3.63, 3.8) is 0 Å². The quantitative estimate of drug-likeness (QED) is 0.0103. The number of benzene rings is 2. The Morgan fingerprint density at radius 1 is 0.680 bits per heavy atom. The number of nitrogen functional groups attached to an aromatic ring is 2. The number of aliphatic hydroxyl groups excluding tert-OH is 2. The lowest BCUT2D eigenvalue weighted by Crippen LogP contribution is -2.78. The predicted molar refractivity (Wildman–Crippen MR) is 366 cm³/mol. The highest BCUT2D eigenvalue weighted by atomic mass is 32.3. The maximum Gasteiger partial charge on any atom is 0.442 e. The number of carbonyl (C=O) groups excluding carboxylic acids is 4. The fraction of sp³-hybridized carbons (Fsp3) is 0.500. The third kappa shape index (κ3) is 14.8. The van der Waals surface area contributed by atoms with E-state index < -0.39 is 116 Å². The molecule has 6 aromatic rings. The van der Waals surface area contributed by atoms with Crippen molar-refractivity contribution >= 4 is 90.3 Å². The van der Waals surface area contributed by atoms with Gasteiger partial charge in [0, 0.05) is 61.9 Å². The molecule has 0 saturated carbocycles. The van der Waals surface area contributed by atoms with Crippen LogP contribution >= 0.6 is 22.7 Å². The third-order valence-corrected chi connectivity index (χ3v) is 21.4. The molecule has 0 spiro atoms. The minimum Gasteiger partial charge on any atom is -0.485 e. The van der Waals surface area contributed by atoms with Gasteiger partial charge < -0.3 is 83.8 Å². The van der Waals surface area contributed by atoms with E-state index in [1.807, 2.05) is 58.4 Å². The van der Waals surface area contributed by atoms with Crippen molar-refractivity contribution in [2.45, 2.75) is 152 Å². The predicted octanol–water partition coefficient (Wildman–Crippen LogP) is -1.71. The molecule has 16 N–H and O–H groups in total. The number of hydrogen-bond donors (Lipinski definition) is 12. The first-order chi connectivity index (χ1) is 48.8. The lowest BCUT2D eigenvalue weighted by atomic mass is 9.84. The zero-order valence-electron chi connectivity index (χ0n) is 57.0. The summed E-state index contributed by atoms with van der Waals surface area (Å²) in [5.74, 6) is -5.92. The van der Waals surface area contributed by atoms with Crippen LogP contribution < -0.4 is 63.0 Å². The number of carboxylic acids is 2. The van der Waals surface area contributed by atoms with E-state index in [0.29, 0.717) is 59.4 Å². The van der Waals surface area contributed by atoms with Crippen LogP contribution in [0.3, 0.4) is 0 Å². The van der Waals surface area contributed by atoms with E-state index in [1.165, 1.54) is 52.3 Å². The number of aryl methyl sites for hydroxylation is 2. The second kappa shape index (κ2) is 28.7. The zero-order valence-corrected chi connectivity index (χ0v) is 59.4. The topological polar surface area (TPSA) is 500 Å². The molecule has 6 aliphatic heterocycles. The number of aliphatic carboxylic acids is 2. The number of β-lactam (4-membered cyclic amide) rings is 2. The molecular weight excluding hydrogens is 1410 g/mol. The van der Waals surface area contributed by atoms with Crippen molar-refractivity contribution < 1.29 is 94.7 Å². The molecule has 4 aromatic heterocycles. The maximum absolute atomic E-state index is 14.3. The number of hydroxylamine groups is 4. The van der Waals surface area contributed by atoms with Crippen molar-refractivity contribution in [1.29, 1.82) is 0 Å². The summed E-state index contributed by atoms with van der Waals surface area (Å²) in [6.07, 6.45) is 4.99. The molecular formula is C64H82N18O18S3+2. The molecule has 39 heteroatoms. The molecule has 0 bridgehead atoms. The highest BCUT2D eigenvalue weighted by Gasteiger charge is 2.62. The van der Waals surface area contributed by atoms with Crippen molar-refractivity contribution in [3.05, 3.63) is 94.5 Å². The Kier molecular flexibility index (Phi) is 20.5. The minimum absolute atomic E-state index is 0.0170. The SMILES string of the molecule is CC1(C)[C@H](NC(=O)/C(=N\O[C@](C)(C(=O)O)[C@H]2CCc3cc(-c4cn(C[C@@H](O)CN)[n+](CC5CNC5)c4)ccc3O2)c2csc(N)n2)C(=O)N1OS(=O)(=O)ON1C(=O)[C@@H](NC(=O)/C(=N\O[C@](C)(C(=O)O)[C@H]2CCc3cc(-c4cn(C[C@@H](O)CN)[n+](CC5CNC5)c4)ccc3O2)c2csc(N)n2)C1(C)C. The number of carbonyl (C=O) groups is 6. The molecule has 6 aliphatic rings. The molecule has 0 radical (unpaired) electrons. The van der Waals surface area contributed by atoms with Gasteiger partial charge >= 0.3 is 22.3 Å². The first-order valence-corrected chi connectivity index (χ1v) is 36.2. The molecule has 2 aromatic carbocycles. The average molecular weight is 1490 g/mol. The van der Waals surface area contributed by atoms with Gasteiger partial charge in [-0.2, -0.15) is 27.9 Å². The van der Waals surface area contributed by atoms with Crippen molar-refractivity contribution in [1.82, 2.24) is 50.7 Å². The second-order valence-electron chi connectivity index (χ2n) is 27.6. The Morgan fingerprint density at radius 3 is 1.39 bits per heavy atom. The second-order valence-corrected chi connectivity index (χ2v) is 30.5. The lowest BCUT2D eigenvalue weighted by molar-refractivity contribution is -0.781. The number of carboxylic acid groups (broad SMARTS) is 2. The van der Waals surface area contributed by atoms with Gasteiger partial charge in [-0.1, -0.05) is 22.4 Å². The molecule has 0 aliphatic carbocycles. The normalized spacial score (nSPS) is 22.0. The smallest absolute Gasteiger partial charge is 0.442 e. The number of ether oxygens (including phenoxy) is 2. The van der Waals surface area contributed by atoms with E-state index in [0.717, 1.165) is 95.3 Å². The Morgan fingerprint density at radius 2 is 1.07 bits per heavy atom. The molecule has 4 saturated heterocycles. The summed E-state index contributed by atoms with van der Waals surface area (Å²) in [4.78, 5) is 102. The highest BCUT2D eigenvalue weighted by molar-refractivity contribution is 7.81. The van der Waals surface area contributed by atoms with Crippen LogP contribution in [-0.4, -0.2) is 203 Å². The van der Waals surface area contributed by atoms with Gasteiger partial charge in [-0.05, 0) is 114 Å².